The van der Waals surface area contributed by atoms with E-state index in [0.29, 0.717) is 16.3 Å². The second-order valence-electron chi connectivity index (χ2n) is 6.54. The molecule has 0 amide bonds. The number of carboxylic acid groups (broad SMARTS) is 1. The Morgan fingerprint density at radius 2 is 1.46 bits per heavy atom. The van der Waals surface area contributed by atoms with E-state index in [1.165, 1.54) is 11.8 Å². The molecule has 3 aromatic carbocycles. The highest BCUT2D eigenvalue weighted by Gasteiger charge is 2.22. The third-order valence-electron chi connectivity index (χ3n) is 4.52. The van der Waals surface area contributed by atoms with Crippen molar-refractivity contribution in [1.82, 2.24) is 0 Å². The highest BCUT2D eigenvalue weighted by molar-refractivity contribution is 7.99. The first kappa shape index (κ1) is 20.5. The monoisotopic (exact) mass is 412 g/mol. The Hall–Kier alpha value is -2.27. The number of hydrogen-bond acceptors (Lipinski definition) is 3. The van der Waals surface area contributed by atoms with Crippen molar-refractivity contribution in [2.75, 3.05) is 5.75 Å². The number of hydrogen-bond donors (Lipinski definition) is 2. The first-order valence-electron chi connectivity index (χ1n) is 8.97. The predicted octanol–water partition coefficient (Wildman–Crippen LogP) is 5.92. The first-order chi connectivity index (χ1) is 13.5. The van der Waals surface area contributed by atoms with Crippen molar-refractivity contribution < 1.29 is 15.0 Å². The molecule has 0 saturated heterocycles. The van der Waals surface area contributed by atoms with Crippen molar-refractivity contribution in [2.45, 2.75) is 17.4 Å². The Morgan fingerprint density at radius 1 is 0.893 bits per heavy atom. The number of aliphatic carboxylic acids is 1. The molecule has 0 heterocycles. The first-order valence-corrected chi connectivity index (χ1v) is 10.3. The number of benzene rings is 3. The molecule has 0 aliphatic heterocycles. The fourth-order valence-electron chi connectivity index (χ4n) is 2.90. The van der Waals surface area contributed by atoms with Crippen LogP contribution in [0.5, 0.6) is 0 Å². The summed E-state index contributed by atoms with van der Waals surface area (Å²) in [7, 11) is 0. The Kier molecular flexibility index (Phi) is 7.15. The van der Waals surface area contributed by atoms with Gasteiger partial charge in [0.1, 0.15) is 0 Å². The van der Waals surface area contributed by atoms with Crippen molar-refractivity contribution in [1.29, 1.82) is 0 Å². The van der Waals surface area contributed by atoms with Crippen LogP contribution >= 0.6 is 23.4 Å². The minimum absolute atomic E-state index is 0.176. The molecule has 28 heavy (non-hydrogen) atoms. The fraction of sp³-hybridized carbons (Fsp3) is 0.174. The molecule has 3 nitrogen and oxygen atoms in total. The number of aliphatic hydroxyl groups is 1. The van der Waals surface area contributed by atoms with Gasteiger partial charge in [0.25, 0.3) is 0 Å². The topological polar surface area (TPSA) is 57.5 Å². The highest BCUT2D eigenvalue weighted by Crippen LogP contribution is 2.29. The lowest BCUT2D eigenvalue weighted by molar-refractivity contribution is -0.142. The maximum Gasteiger partial charge on any atom is 0.307 e. The minimum Gasteiger partial charge on any atom is -0.481 e. The van der Waals surface area contributed by atoms with Gasteiger partial charge < -0.3 is 10.2 Å². The SMILES string of the molecule is O=C(O)[C@@H](CSc1ccccc1)C[C@@H](O)c1ccc(-c2ccc(Cl)cc2)cc1. The van der Waals surface area contributed by atoms with Gasteiger partial charge >= 0.3 is 5.97 Å². The second-order valence-corrected chi connectivity index (χ2v) is 8.07. The average molecular weight is 413 g/mol. The number of halogens is 1. The van der Waals surface area contributed by atoms with Gasteiger partial charge in [0.2, 0.25) is 0 Å². The van der Waals surface area contributed by atoms with Gasteiger partial charge in [-0.15, -0.1) is 11.8 Å². The molecule has 3 rings (SSSR count). The van der Waals surface area contributed by atoms with Crippen molar-refractivity contribution in [3.05, 3.63) is 89.4 Å². The molecule has 2 N–H and O–H groups in total. The molecule has 0 aromatic heterocycles. The summed E-state index contributed by atoms with van der Waals surface area (Å²) < 4.78 is 0. The number of carboxylic acids is 1. The molecular formula is C23H21ClO3S. The van der Waals surface area contributed by atoms with Crippen LogP contribution in [0.15, 0.2) is 83.8 Å². The van der Waals surface area contributed by atoms with Gasteiger partial charge in [-0.25, -0.2) is 0 Å². The maximum atomic E-state index is 11.6. The lowest BCUT2D eigenvalue weighted by atomic mass is 9.96. The van der Waals surface area contributed by atoms with E-state index in [0.717, 1.165) is 16.0 Å². The smallest absolute Gasteiger partial charge is 0.307 e. The molecule has 0 saturated carbocycles. The van der Waals surface area contributed by atoms with Gasteiger partial charge in [-0.2, -0.15) is 0 Å². The quantitative estimate of drug-likeness (QED) is 0.450. The van der Waals surface area contributed by atoms with Crippen LogP contribution in [0.3, 0.4) is 0 Å². The van der Waals surface area contributed by atoms with E-state index in [9.17, 15) is 15.0 Å². The lowest BCUT2D eigenvalue weighted by Gasteiger charge is -2.17. The highest BCUT2D eigenvalue weighted by atomic mass is 35.5. The Morgan fingerprint density at radius 3 is 2.04 bits per heavy atom. The standard InChI is InChI=1S/C23H21ClO3S/c24-20-12-10-17(11-13-20)16-6-8-18(9-7-16)22(25)14-19(23(26)27)15-28-21-4-2-1-3-5-21/h1-13,19,22,25H,14-15H2,(H,26,27)/t19-,22-/m1/s1. The molecule has 0 spiro atoms. The molecule has 3 aromatic rings. The zero-order chi connectivity index (χ0) is 19.9. The molecule has 5 heteroatoms. The van der Waals surface area contributed by atoms with E-state index >= 15 is 0 Å². The van der Waals surface area contributed by atoms with E-state index < -0.39 is 18.0 Å². The van der Waals surface area contributed by atoms with Crippen LogP contribution in [0.1, 0.15) is 18.1 Å². The van der Waals surface area contributed by atoms with Gasteiger partial charge in [-0.05, 0) is 47.4 Å². The van der Waals surface area contributed by atoms with Gasteiger partial charge in [0.05, 0.1) is 12.0 Å². The van der Waals surface area contributed by atoms with E-state index in [2.05, 4.69) is 0 Å². The van der Waals surface area contributed by atoms with Crippen LogP contribution in [-0.4, -0.2) is 21.9 Å². The molecule has 0 unspecified atom stereocenters. The Labute approximate surface area is 174 Å². The summed E-state index contributed by atoms with van der Waals surface area (Å²) in [5, 5.41) is 20.8. The molecule has 0 aliphatic rings. The maximum absolute atomic E-state index is 11.6. The predicted molar refractivity (Wildman–Crippen MR) is 115 cm³/mol. The summed E-state index contributed by atoms with van der Waals surface area (Å²) in [5.74, 6) is -1.10. The molecule has 2 atom stereocenters. The average Bonchev–Trinajstić information content (AvgIpc) is 2.72. The fourth-order valence-corrected chi connectivity index (χ4v) is 4.05. The minimum atomic E-state index is -0.889. The van der Waals surface area contributed by atoms with Gasteiger partial charge in [-0.1, -0.05) is 66.2 Å². The number of rotatable bonds is 8. The van der Waals surface area contributed by atoms with E-state index in [4.69, 9.17) is 11.6 Å². The summed E-state index contributed by atoms with van der Waals surface area (Å²) in [5.41, 5.74) is 2.77. The van der Waals surface area contributed by atoms with Crippen molar-refractivity contribution >= 4 is 29.3 Å². The number of thioether (sulfide) groups is 1. The summed E-state index contributed by atoms with van der Waals surface area (Å²) in [6.07, 6.45) is -0.646. The Balaban J connectivity index is 1.63. The zero-order valence-corrected chi connectivity index (χ0v) is 16.7. The molecule has 0 fully saturated rings. The molecule has 0 radical (unpaired) electrons. The van der Waals surface area contributed by atoms with Gasteiger partial charge in [-0.3, -0.25) is 4.79 Å². The van der Waals surface area contributed by atoms with Crippen molar-refractivity contribution in [3.8, 4) is 11.1 Å². The molecule has 144 valence electrons. The third kappa shape index (κ3) is 5.61. The molecule has 0 bridgehead atoms. The number of carbonyl (C=O) groups is 1. The van der Waals surface area contributed by atoms with Crippen molar-refractivity contribution in [3.63, 3.8) is 0 Å². The Bertz CT molecular complexity index is 895. The van der Waals surface area contributed by atoms with E-state index in [1.807, 2.05) is 78.9 Å². The summed E-state index contributed by atoms with van der Waals surface area (Å²) in [6, 6.07) is 24.8. The van der Waals surface area contributed by atoms with Crippen molar-refractivity contribution in [2.24, 2.45) is 5.92 Å². The van der Waals surface area contributed by atoms with Gasteiger partial charge in [0.15, 0.2) is 0 Å². The normalized spacial score (nSPS) is 13.1. The summed E-state index contributed by atoms with van der Waals surface area (Å²) in [4.78, 5) is 12.6. The van der Waals surface area contributed by atoms with Crippen LogP contribution in [0, 0.1) is 5.92 Å². The third-order valence-corrected chi connectivity index (χ3v) is 5.95. The molecular weight excluding hydrogens is 392 g/mol. The summed E-state index contributed by atoms with van der Waals surface area (Å²) in [6.45, 7) is 0. The van der Waals surface area contributed by atoms with Crippen LogP contribution in [-0.2, 0) is 4.79 Å². The van der Waals surface area contributed by atoms with Crippen LogP contribution < -0.4 is 0 Å². The van der Waals surface area contributed by atoms with Crippen LogP contribution in [0.2, 0.25) is 5.02 Å². The van der Waals surface area contributed by atoms with E-state index in [1.54, 1.807) is 0 Å². The van der Waals surface area contributed by atoms with E-state index in [-0.39, 0.29) is 6.42 Å². The van der Waals surface area contributed by atoms with Crippen LogP contribution in [0.4, 0.5) is 0 Å². The zero-order valence-electron chi connectivity index (χ0n) is 15.2. The molecule has 0 aliphatic carbocycles. The second kappa shape index (κ2) is 9.78. The van der Waals surface area contributed by atoms with Crippen LogP contribution in [0.25, 0.3) is 11.1 Å². The summed E-state index contributed by atoms with van der Waals surface area (Å²) >= 11 is 7.41. The lowest BCUT2D eigenvalue weighted by Crippen LogP contribution is -2.19. The largest absolute Gasteiger partial charge is 0.481 e. The van der Waals surface area contributed by atoms with Gasteiger partial charge in [0, 0.05) is 15.7 Å². The number of aliphatic hydroxyl groups excluding tert-OH is 1.